The van der Waals surface area contributed by atoms with Crippen molar-refractivity contribution < 1.29 is 13.2 Å². The fraction of sp³-hybridized carbons (Fsp3) is 0.500. The minimum atomic E-state index is -3.63. The van der Waals surface area contributed by atoms with Crippen LogP contribution in [0.25, 0.3) is 0 Å². The molecule has 3 N–H and O–H groups in total. The molecule has 0 amide bonds. The van der Waals surface area contributed by atoms with Crippen LogP contribution >= 0.6 is 12.4 Å². The van der Waals surface area contributed by atoms with Gasteiger partial charge >= 0.3 is 0 Å². The maximum Gasteiger partial charge on any atom is 0.238 e. The Labute approximate surface area is 125 Å². The van der Waals surface area contributed by atoms with Crippen LogP contribution < -0.4 is 15.2 Å². The average molecular weight is 322 g/mol. The molecule has 1 fully saturated rings. The first-order valence-electron chi connectivity index (χ1n) is 6.13. The van der Waals surface area contributed by atoms with Crippen molar-refractivity contribution in [2.45, 2.75) is 10.9 Å². The van der Waals surface area contributed by atoms with Crippen LogP contribution in [0.1, 0.15) is 0 Å². The maximum atomic E-state index is 11.1. The molecular weight excluding hydrogens is 302 g/mol. The number of likely N-dealkylation sites (N-methyl/N-ethyl adjacent to an activating group) is 1. The van der Waals surface area contributed by atoms with Crippen LogP contribution in [0.15, 0.2) is 29.2 Å². The molecule has 6 nitrogen and oxygen atoms in total. The molecule has 1 saturated heterocycles. The van der Waals surface area contributed by atoms with Crippen molar-refractivity contribution in [3.8, 4) is 5.75 Å². The highest BCUT2D eigenvalue weighted by atomic mass is 35.5. The van der Waals surface area contributed by atoms with Crippen molar-refractivity contribution in [3.05, 3.63) is 24.3 Å². The predicted octanol–water partition coefficient (Wildman–Crippen LogP) is 0.0382. The highest BCUT2D eigenvalue weighted by Crippen LogP contribution is 2.14. The first-order valence-corrected chi connectivity index (χ1v) is 7.68. The molecule has 0 saturated carbocycles. The number of halogens is 1. The summed E-state index contributed by atoms with van der Waals surface area (Å²) in [4.78, 5) is 2.34. The summed E-state index contributed by atoms with van der Waals surface area (Å²) >= 11 is 0. The Balaban J connectivity index is 0.00000200. The van der Waals surface area contributed by atoms with E-state index < -0.39 is 10.0 Å². The van der Waals surface area contributed by atoms with Gasteiger partial charge in [0.05, 0.1) is 4.90 Å². The Kier molecular flexibility index (Phi) is 6.22. The van der Waals surface area contributed by atoms with Crippen molar-refractivity contribution >= 4 is 22.4 Å². The lowest BCUT2D eigenvalue weighted by atomic mass is 10.1. The van der Waals surface area contributed by atoms with Gasteiger partial charge in [0.25, 0.3) is 0 Å². The van der Waals surface area contributed by atoms with Gasteiger partial charge in [-0.15, -0.1) is 12.4 Å². The number of ether oxygens (including phenoxy) is 1. The van der Waals surface area contributed by atoms with Crippen LogP contribution in [-0.2, 0) is 10.0 Å². The minimum Gasteiger partial charge on any atom is -0.492 e. The Hall–Kier alpha value is -0.860. The fourth-order valence-electron chi connectivity index (χ4n) is 1.80. The van der Waals surface area contributed by atoms with Crippen LogP contribution in [0.4, 0.5) is 0 Å². The first kappa shape index (κ1) is 17.2. The van der Waals surface area contributed by atoms with E-state index in [-0.39, 0.29) is 17.3 Å². The molecule has 0 bridgehead atoms. The van der Waals surface area contributed by atoms with Gasteiger partial charge in [-0.3, -0.25) is 4.90 Å². The van der Waals surface area contributed by atoms with E-state index in [4.69, 9.17) is 9.88 Å². The number of nitrogens with two attached hydrogens (primary N) is 1. The van der Waals surface area contributed by atoms with E-state index in [1.165, 1.54) is 12.1 Å². The lowest BCUT2D eigenvalue weighted by Gasteiger charge is -2.35. The van der Waals surface area contributed by atoms with Crippen molar-refractivity contribution in [1.82, 2.24) is 10.2 Å². The lowest BCUT2D eigenvalue weighted by Crippen LogP contribution is -2.56. The molecule has 8 heteroatoms. The van der Waals surface area contributed by atoms with Gasteiger partial charge in [0.1, 0.15) is 12.4 Å². The van der Waals surface area contributed by atoms with Gasteiger partial charge in [-0.2, -0.15) is 0 Å². The third-order valence-corrected chi connectivity index (χ3v) is 4.18. The third-order valence-electron chi connectivity index (χ3n) is 3.25. The monoisotopic (exact) mass is 321 g/mol. The maximum absolute atomic E-state index is 11.1. The molecule has 2 rings (SSSR count). The van der Waals surface area contributed by atoms with Crippen molar-refractivity contribution in [2.24, 2.45) is 5.14 Å². The number of hydrogen-bond donors (Lipinski definition) is 2. The van der Waals surface area contributed by atoms with Gasteiger partial charge < -0.3 is 10.1 Å². The zero-order valence-corrected chi connectivity index (χ0v) is 12.9. The summed E-state index contributed by atoms with van der Waals surface area (Å²) in [6, 6.07) is 6.72. The molecule has 1 aromatic carbocycles. The number of nitrogens with zero attached hydrogens (tertiary/aromatic N) is 1. The second kappa shape index (κ2) is 7.24. The molecule has 1 aliphatic heterocycles. The van der Waals surface area contributed by atoms with Crippen LogP contribution in [0.5, 0.6) is 5.75 Å². The Bertz CT molecular complexity index is 517. The molecule has 0 aliphatic carbocycles. The zero-order valence-electron chi connectivity index (χ0n) is 11.3. The number of rotatable bonds is 6. The second-order valence-electron chi connectivity index (χ2n) is 4.66. The topological polar surface area (TPSA) is 84.7 Å². The quantitative estimate of drug-likeness (QED) is 0.772. The molecule has 0 radical (unpaired) electrons. The fourth-order valence-corrected chi connectivity index (χ4v) is 2.32. The summed E-state index contributed by atoms with van der Waals surface area (Å²) in [5.41, 5.74) is 0. The van der Waals surface area contributed by atoms with Crippen molar-refractivity contribution in [2.75, 3.05) is 33.3 Å². The molecule has 20 heavy (non-hydrogen) atoms. The van der Waals surface area contributed by atoms with Gasteiger partial charge in [-0.05, 0) is 31.3 Å². The van der Waals surface area contributed by atoms with Crippen LogP contribution in [0, 0.1) is 0 Å². The van der Waals surface area contributed by atoms with Crippen molar-refractivity contribution in [3.63, 3.8) is 0 Å². The predicted molar refractivity (Wildman–Crippen MR) is 79.8 cm³/mol. The smallest absolute Gasteiger partial charge is 0.238 e. The van der Waals surface area contributed by atoms with Gasteiger partial charge in [-0.1, -0.05) is 0 Å². The first-order chi connectivity index (χ1) is 8.97. The molecule has 1 aromatic rings. The summed E-state index contributed by atoms with van der Waals surface area (Å²) in [6.45, 7) is 3.46. The van der Waals surface area contributed by atoms with E-state index in [0.29, 0.717) is 18.4 Å². The largest absolute Gasteiger partial charge is 0.492 e. The number of sulfonamides is 1. The summed E-state index contributed by atoms with van der Waals surface area (Å²) in [5, 5.41) is 8.24. The summed E-state index contributed by atoms with van der Waals surface area (Å²) in [7, 11) is -1.56. The normalized spacial score (nSPS) is 15.6. The number of primary sulfonamides is 1. The van der Waals surface area contributed by atoms with E-state index in [1.54, 1.807) is 12.1 Å². The van der Waals surface area contributed by atoms with Gasteiger partial charge in [-0.25, -0.2) is 13.6 Å². The standard InChI is InChI=1S/C12H19N3O3S.ClH/c1-15(10-8-14-9-10)6-7-18-11-2-4-12(5-3-11)19(13,16)17;/h2-5,10,14H,6-9H2,1H3,(H2,13,16,17);1H. The summed E-state index contributed by atoms with van der Waals surface area (Å²) < 4.78 is 27.7. The molecule has 0 aromatic heterocycles. The van der Waals surface area contributed by atoms with Crippen LogP contribution in [0.2, 0.25) is 0 Å². The molecule has 0 atom stereocenters. The van der Waals surface area contributed by atoms with Crippen molar-refractivity contribution in [1.29, 1.82) is 0 Å². The Morgan fingerprint density at radius 2 is 1.95 bits per heavy atom. The third kappa shape index (κ3) is 4.60. The SMILES string of the molecule is CN(CCOc1ccc(S(N)(=O)=O)cc1)C1CNC1.Cl. The summed E-state index contributed by atoms with van der Waals surface area (Å²) in [6.07, 6.45) is 0. The summed E-state index contributed by atoms with van der Waals surface area (Å²) in [5.74, 6) is 0.646. The number of benzene rings is 1. The van der Waals surface area contributed by atoms with Gasteiger partial charge in [0.2, 0.25) is 10.0 Å². The lowest BCUT2D eigenvalue weighted by molar-refractivity contribution is 0.151. The highest BCUT2D eigenvalue weighted by molar-refractivity contribution is 7.89. The minimum absolute atomic E-state index is 0. The zero-order chi connectivity index (χ0) is 13.9. The van der Waals surface area contributed by atoms with Crippen LogP contribution in [0.3, 0.4) is 0 Å². The van der Waals surface area contributed by atoms with E-state index in [0.717, 1.165) is 19.6 Å². The van der Waals surface area contributed by atoms with Gasteiger partial charge in [0.15, 0.2) is 0 Å². The Morgan fingerprint density at radius 1 is 1.35 bits per heavy atom. The van der Waals surface area contributed by atoms with Gasteiger partial charge in [0, 0.05) is 25.7 Å². The molecular formula is C12H20ClN3O3S. The van der Waals surface area contributed by atoms with Crippen LogP contribution in [-0.4, -0.2) is 52.6 Å². The van der Waals surface area contributed by atoms with E-state index >= 15 is 0 Å². The molecule has 1 heterocycles. The molecule has 0 unspecified atom stereocenters. The second-order valence-corrected chi connectivity index (χ2v) is 6.22. The highest BCUT2D eigenvalue weighted by Gasteiger charge is 2.20. The molecule has 1 aliphatic rings. The van der Waals surface area contributed by atoms with E-state index in [1.807, 2.05) is 0 Å². The molecule has 0 spiro atoms. The average Bonchev–Trinajstić information content (AvgIpc) is 2.26. The van der Waals surface area contributed by atoms with E-state index in [2.05, 4.69) is 17.3 Å². The Morgan fingerprint density at radius 3 is 2.40 bits per heavy atom. The number of nitrogens with one attached hydrogen (secondary N) is 1. The number of hydrogen-bond acceptors (Lipinski definition) is 5. The van der Waals surface area contributed by atoms with E-state index in [9.17, 15) is 8.42 Å². The molecule has 114 valence electrons.